The van der Waals surface area contributed by atoms with Gasteiger partial charge in [0.05, 0.1) is 18.1 Å². The van der Waals surface area contributed by atoms with E-state index in [1.807, 2.05) is 0 Å². The second-order valence-electron chi connectivity index (χ2n) is 3.39. The topological polar surface area (TPSA) is 108 Å². The van der Waals surface area contributed by atoms with E-state index in [4.69, 9.17) is 9.66 Å². The van der Waals surface area contributed by atoms with Crippen molar-refractivity contribution in [3.05, 3.63) is 23.0 Å². The molecule has 0 aliphatic heterocycles. The van der Waals surface area contributed by atoms with Gasteiger partial charge in [-0.05, 0) is 13.3 Å². The molecule has 6 nitrogen and oxygen atoms in total. The zero-order chi connectivity index (χ0) is 12.3. The molecular formula is C9H13NO5S. The van der Waals surface area contributed by atoms with Crippen molar-refractivity contribution < 1.29 is 23.2 Å². The largest absolute Gasteiger partial charge is 0.506 e. The van der Waals surface area contributed by atoms with Crippen LogP contribution in [0, 0.1) is 6.92 Å². The highest BCUT2D eigenvalue weighted by atomic mass is 32.2. The van der Waals surface area contributed by atoms with Gasteiger partial charge in [0.25, 0.3) is 10.1 Å². The van der Waals surface area contributed by atoms with Crippen LogP contribution in [0.25, 0.3) is 0 Å². The lowest BCUT2D eigenvalue weighted by molar-refractivity contribution is 0.279. The van der Waals surface area contributed by atoms with E-state index >= 15 is 0 Å². The third-order valence-electron chi connectivity index (χ3n) is 2.21. The molecule has 1 heterocycles. The molecule has 0 amide bonds. The summed E-state index contributed by atoms with van der Waals surface area (Å²) in [5, 5.41) is 18.7. The lowest BCUT2D eigenvalue weighted by atomic mass is 10.1. The molecule has 1 aromatic heterocycles. The van der Waals surface area contributed by atoms with Gasteiger partial charge in [0.15, 0.2) is 0 Å². The van der Waals surface area contributed by atoms with Crippen molar-refractivity contribution in [1.29, 1.82) is 0 Å². The Hall–Kier alpha value is -1.18. The van der Waals surface area contributed by atoms with Gasteiger partial charge in [-0.1, -0.05) is 0 Å². The van der Waals surface area contributed by atoms with Crippen LogP contribution in [0.3, 0.4) is 0 Å². The summed E-state index contributed by atoms with van der Waals surface area (Å²) in [6.07, 6.45) is 1.30. The van der Waals surface area contributed by atoms with E-state index in [2.05, 4.69) is 4.98 Å². The predicted molar refractivity (Wildman–Crippen MR) is 56.7 cm³/mol. The number of aliphatic hydroxyl groups is 1. The number of aryl methyl sites for hydroxylation is 1. The number of aromatic nitrogens is 1. The summed E-state index contributed by atoms with van der Waals surface area (Å²) in [7, 11) is -4.09. The fourth-order valence-electron chi connectivity index (χ4n) is 1.33. The van der Waals surface area contributed by atoms with E-state index in [-0.39, 0.29) is 18.8 Å². The minimum Gasteiger partial charge on any atom is -0.506 e. The third kappa shape index (κ3) is 3.16. The summed E-state index contributed by atoms with van der Waals surface area (Å²) in [5.74, 6) is -0.646. The summed E-state index contributed by atoms with van der Waals surface area (Å²) in [6, 6.07) is 0. The van der Waals surface area contributed by atoms with Crippen LogP contribution in [0.2, 0.25) is 0 Å². The van der Waals surface area contributed by atoms with Gasteiger partial charge in [-0.25, -0.2) is 0 Å². The maximum Gasteiger partial charge on any atom is 0.265 e. The maximum atomic E-state index is 10.6. The van der Waals surface area contributed by atoms with Crippen molar-refractivity contribution in [3.8, 4) is 5.75 Å². The monoisotopic (exact) mass is 247 g/mol. The van der Waals surface area contributed by atoms with E-state index in [1.54, 1.807) is 6.92 Å². The van der Waals surface area contributed by atoms with Crippen LogP contribution in [-0.4, -0.2) is 33.9 Å². The molecule has 0 atom stereocenters. The van der Waals surface area contributed by atoms with Crippen LogP contribution in [0.5, 0.6) is 5.75 Å². The molecule has 0 radical (unpaired) electrons. The first-order chi connectivity index (χ1) is 7.35. The van der Waals surface area contributed by atoms with Crippen LogP contribution in [0.4, 0.5) is 0 Å². The Balaban J connectivity index is 3.06. The highest BCUT2D eigenvalue weighted by Crippen LogP contribution is 2.24. The van der Waals surface area contributed by atoms with Gasteiger partial charge < -0.3 is 10.2 Å². The van der Waals surface area contributed by atoms with Gasteiger partial charge in [0.1, 0.15) is 5.75 Å². The molecule has 0 aliphatic carbocycles. The highest BCUT2D eigenvalue weighted by molar-refractivity contribution is 7.85. The minimum atomic E-state index is -4.09. The highest BCUT2D eigenvalue weighted by Gasteiger charge is 2.14. The molecule has 1 aromatic rings. The number of hydrogen-bond donors (Lipinski definition) is 3. The fourth-order valence-corrected chi connectivity index (χ4v) is 1.79. The van der Waals surface area contributed by atoms with Crippen molar-refractivity contribution >= 4 is 10.1 Å². The van der Waals surface area contributed by atoms with Crippen LogP contribution < -0.4 is 0 Å². The second kappa shape index (κ2) is 4.77. The van der Waals surface area contributed by atoms with E-state index < -0.39 is 15.9 Å². The smallest absolute Gasteiger partial charge is 0.265 e. The fraction of sp³-hybridized carbons (Fsp3) is 0.444. The van der Waals surface area contributed by atoms with E-state index in [9.17, 15) is 13.5 Å². The van der Waals surface area contributed by atoms with Gasteiger partial charge in [0.2, 0.25) is 0 Å². The number of hydrogen-bond acceptors (Lipinski definition) is 5. The quantitative estimate of drug-likeness (QED) is 0.647. The maximum absolute atomic E-state index is 10.6. The molecular weight excluding hydrogens is 234 g/mol. The average molecular weight is 247 g/mol. The second-order valence-corrected chi connectivity index (χ2v) is 4.96. The Morgan fingerprint density at radius 3 is 2.56 bits per heavy atom. The molecule has 0 bridgehead atoms. The molecule has 1 rings (SSSR count). The molecule has 0 fully saturated rings. The average Bonchev–Trinajstić information content (AvgIpc) is 2.19. The van der Waals surface area contributed by atoms with Crippen molar-refractivity contribution in [3.63, 3.8) is 0 Å². The van der Waals surface area contributed by atoms with Crippen LogP contribution in [0.15, 0.2) is 6.20 Å². The summed E-state index contributed by atoms with van der Waals surface area (Å²) >= 11 is 0. The van der Waals surface area contributed by atoms with E-state index in [0.29, 0.717) is 16.8 Å². The van der Waals surface area contributed by atoms with E-state index in [1.165, 1.54) is 6.20 Å². The van der Waals surface area contributed by atoms with Crippen molar-refractivity contribution in [1.82, 2.24) is 4.98 Å². The molecule has 3 N–H and O–H groups in total. The van der Waals surface area contributed by atoms with Gasteiger partial charge in [0, 0.05) is 17.3 Å². The van der Waals surface area contributed by atoms with Crippen molar-refractivity contribution in [2.24, 2.45) is 0 Å². The Labute approximate surface area is 93.3 Å². The molecule has 16 heavy (non-hydrogen) atoms. The first-order valence-electron chi connectivity index (χ1n) is 4.57. The van der Waals surface area contributed by atoms with Crippen LogP contribution >= 0.6 is 0 Å². The minimum absolute atomic E-state index is 0.0656. The summed E-state index contributed by atoms with van der Waals surface area (Å²) < 4.78 is 29.8. The molecule has 90 valence electrons. The molecule has 0 saturated carbocycles. The lowest BCUT2D eigenvalue weighted by Gasteiger charge is -2.10. The zero-order valence-corrected chi connectivity index (χ0v) is 9.53. The standard InChI is InChI=1S/C9H13NO5S/c1-6-9(12)8(2-3-16(13,14)15)7(5-11)4-10-6/h4,11-12H,2-3,5H2,1H3,(H,13,14,15). The SMILES string of the molecule is Cc1ncc(CO)c(CCS(=O)(=O)O)c1O. The van der Waals surface area contributed by atoms with Crippen LogP contribution in [0.1, 0.15) is 16.8 Å². The number of pyridine rings is 1. The molecule has 0 saturated heterocycles. The molecule has 0 aliphatic rings. The van der Waals surface area contributed by atoms with Gasteiger partial charge in [-0.3, -0.25) is 9.54 Å². The Kier molecular flexibility index (Phi) is 3.84. The first kappa shape index (κ1) is 12.9. The Morgan fingerprint density at radius 1 is 1.44 bits per heavy atom. The third-order valence-corrected chi connectivity index (χ3v) is 2.93. The first-order valence-corrected chi connectivity index (χ1v) is 6.18. The molecule has 7 heteroatoms. The number of aliphatic hydroxyl groups excluding tert-OH is 1. The summed E-state index contributed by atoms with van der Waals surface area (Å²) in [5.41, 5.74) is 1.00. The molecule has 0 aromatic carbocycles. The van der Waals surface area contributed by atoms with Gasteiger partial charge in [-0.15, -0.1) is 0 Å². The molecule has 0 unspecified atom stereocenters. The lowest BCUT2D eigenvalue weighted by Crippen LogP contribution is -2.09. The number of aromatic hydroxyl groups is 1. The Bertz CT molecular complexity index is 483. The van der Waals surface area contributed by atoms with Gasteiger partial charge >= 0.3 is 0 Å². The number of nitrogens with zero attached hydrogens (tertiary/aromatic N) is 1. The number of rotatable bonds is 4. The Morgan fingerprint density at radius 2 is 2.06 bits per heavy atom. The van der Waals surface area contributed by atoms with Gasteiger partial charge in [-0.2, -0.15) is 8.42 Å². The molecule has 0 spiro atoms. The van der Waals surface area contributed by atoms with Crippen LogP contribution in [-0.2, 0) is 23.1 Å². The zero-order valence-electron chi connectivity index (χ0n) is 8.71. The summed E-state index contributed by atoms with van der Waals surface area (Å²) in [4.78, 5) is 3.83. The summed E-state index contributed by atoms with van der Waals surface area (Å²) in [6.45, 7) is 1.22. The predicted octanol–water partition coefficient (Wildman–Crippen LogP) is 0.0182. The van der Waals surface area contributed by atoms with E-state index in [0.717, 1.165) is 0 Å². The van der Waals surface area contributed by atoms with Crippen molar-refractivity contribution in [2.75, 3.05) is 5.75 Å². The van der Waals surface area contributed by atoms with Crippen molar-refractivity contribution in [2.45, 2.75) is 20.0 Å². The normalized spacial score (nSPS) is 11.7.